The van der Waals surface area contributed by atoms with Crippen LogP contribution in [0.4, 0.5) is 0 Å². The molecule has 0 unspecified atom stereocenters. The lowest BCUT2D eigenvalue weighted by atomic mass is 9.83. The van der Waals surface area contributed by atoms with Crippen molar-refractivity contribution in [3.63, 3.8) is 0 Å². The van der Waals surface area contributed by atoms with Crippen LogP contribution in [0.5, 0.6) is 0 Å². The minimum atomic E-state index is 0.120. The van der Waals surface area contributed by atoms with E-state index in [1.807, 2.05) is 19.9 Å². The maximum Gasteiger partial charge on any atom is 0.265 e. The number of rotatable bonds is 5. The van der Waals surface area contributed by atoms with Crippen molar-refractivity contribution < 1.29 is 4.79 Å². The van der Waals surface area contributed by atoms with Crippen molar-refractivity contribution in [3.8, 4) is 0 Å². The lowest BCUT2D eigenvalue weighted by molar-refractivity contribution is -0.119. The van der Waals surface area contributed by atoms with Crippen LogP contribution in [0.1, 0.15) is 26.7 Å². The molecule has 0 saturated heterocycles. The Balaban J connectivity index is 3.60. The molecule has 1 N–H and O–H groups in total. The molecule has 0 atom stereocenters. The van der Waals surface area contributed by atoms with E-state index in [2.05, 4.69) is 11.8 Å². The van der Waals surface area contributed by atoms with E-state index in [0.717, 1.165) is 11.9 Å². The zero-order valence-electron chi connectivity index (χ0n) is 7.89. The van der Waals surface area contributed by atoms with Crippen LogP contribution in [-0.2, 0) is 4.79 Å². The van der Waals surface area contributed by atoms with Crippen molar-refractivity contribution in [2.24, 2.45) is 0 Å². The van der Waals surface area contributed by atoms with Crippen LogP contribution < -0.4 is 5.23 Å². The summed E-state index contributed by atoms with van der Waals surface area (Å²) in [5, 5.41) is 2.81. The second-order valence-electron chi connectivity index (χ2n) is 2.78. The fourth-order valence-electron chi connectivity index (χ4n) is 0.814. The molecule has 0 heterocycles. The topological polar surface area (TPSA) is 29.1 Å². The Morgan fingerprint density at radius 2 is 2.33 bits per heavy atom. The van der Waals surface area contributed by atoms with Gasteiger partial charge in [0.05, 0.1) is 0 Å². The highest BCUT2D eigenvalue weighted by Gasteiger charge is 1.99. The molecular weight excluding hydrogens is 149 g/mol. The molecule has 0 aromatic carbocycles. The monoisotopic (exact) mass is 165 g/mol. The minimum absolute atomic E-state index is 0.120. The van der Waals surface area contributed by atoms with Crippen molar-refractivity contribution in [1.82, 2.24) is 5.23 Å². The van der Waals surface area contributed by atoms with Crippen LogP contribution in [0.2, 0.25) is 0 Å². The van der Waals surface area contributed by atoms with Crippen molar-refractivity contribution in [2.75, 3.05) is 0 Å². The summed E-state index contributed by atoms with van der Waals surface area (Å²) < 4.78 is 0. The van der Waals surface area contributed by atoms with Gasteiger partial charge in [-0.25, -0.2) is 0 Å². The molecule has 12 heavy (non-hydrogen) atoms. The summed E-state index contributed by atoms with van der Waals surface area (Å²) in [6.07, 6.45) is 5.13. The van der Waals surface area contributed by atoms with Gasteiger partial charge in [0.25, 0.3) is 7.41 Å². The van der Waals surface area contributed by atoms with E-state index < -0.39 is 0 Å². The highest BCUT2D eigenvalue weighted by Crippen LogP contribution is 1.89. The Hall–Kier alpha value is -0.985. The summed E-state index contributed by atoms with van der Waals surface area (Å²) >= 11 is 0. The quantitative estimate of drug-likeness (QED) is 0.483. The van der Waals surface area contributed by atoms with Crippen LogP contribution in [0, 0.1) is 0 Å². The minimum Gasteiger partial charge on any atom is -0.398 e. The first kappa shape index (κ1) is 11.0. The second kappa shape index (κ2) is 6.71. The molecule has 0 rings (SSSR count). The predicted octanol–water partition coefficient (Wildman–Crippen LogP) is 1.34. The lowest BCUT2D eigenvalue weighted by Gasteiger charge is -2.01. The van der Waals surface area contributed by atoms with Crippen LogP contribution in [-0.4, -0.2) is 13.3 Å². The predicted molar refractivity (Wildman–Crippen MR) is 54.2 cm³/mol. The van der Waals surface area contributed by atoms with E-state index in [1.54, 1.807) is 6.08 Å². The van der Waals surface area contributed by atoms with Crippen molar-refractivity contribution in [2.45, 2.75) is 26.7 Å². The third kappa shape index (κ3) is 5.77. The van der Waals surface area contributed by atoms with Gasteiger partial charge >= 0.3 is 0 Å². The Labute approximate surface area is 75.0 Å². The molecule has 0 spiro atoms. The maximum atomic E-state index is 11.0. The van der Waals surface area contributed by atoms with Gasteiger partial charge in [-0.15, -0.1) is 0 Å². The van der Waals surface area contributed by atoms with Crippen LogP contribution >= 0.6 is 0 Å². The van der Waals surface area contributed by atoms with E-state index >= 15 is 0 Å². The van der Waals surface area contributed by atoms with E-state index in [-0.39, 0.29) is 5.91 Å². The number of carbonyl (C=O) groups excluding carboxylic acids is 1. The molecule has 1 amide bonds. The molecule has 0 bridgehead atoms. The van der Waals surface area contributed by atoms with E-state index in [4.69, 9.17) is 0 Å². The molecule has 0 radical (unpaired) electrons. The summed E-state index contributed by atoms with van der Waals surface area (Å²) in [5.74, 6) is 0.120. The Kier molecular flexibility index (Phi) is 6.16. The van der Waals surface area contributed by atoms with Crippen molar-refractivity contribution >= 4 is 13.3 Å². The van der Waals surface area contributed by atoms with E-state index in [0.29, 0.717) is 13.8 Å². The SMILES string of the molecule is C=C/C=C(\C)BNC(=O)CCC. The molecule has 66 valence electrons. The number of allylic oxidation sites excluding steroid dienone is 3. The van der Waals surface area contributed by atoms with Crippen LogP contribution in [0.3, 0.4) is 0 Å². The fourth-order valence-corrected chi connectivity index (χ4v) is 0.814. The number of amides is 1. The molecule has 0 aromatic heterocycles. The highest BCUT2D eigenvalue weighted by atomic mass is 16.1. The molecule has 0 aliphatic heterocycles. The van der Waals surface area contributed by atoms with E-state index in [9.17, 15) is 4.79 Å². The third-order valence-electron chi connectivity index (χ3n) is 1.44. The summed E-state index contributed by atoms with van der Waals surface area (Å²) in [6, 6.07) is 0. The van der Waals surface area contributed by atoms with Gasteiger partial charge in [0, 0.05) is 6.42 Å². The number of hydrogen-bond acceptors (Lipinski definition) is 1. The largest absolute Gasteiger partial charge is 0.398 e. The number of nitrogens with one attached hydrogen (secondary N) is 1. The normalized spacial score (nSPS) is 10.7. The summed E-state index contributed by atoms with van der Waals surface area (Å²) in [5.41, 5.74) is 1.12. The Morgan fingerprint density at radius 3 is 2.83 bits per heavy atom. The number of hydrogen-bond donors (Lipinski definition) is 1. The number of carbonyl (C=O) groups is 1. The zero-order valence-corrected chi connectivity index (χ0v) is 7.89. The summed E-state index contributed by atoms with van der Waals surface area (Å²) in [6.45, 7) is 7.53. The van der Waals surface area contributed by atoms with Crippen LogP contribution in [0.25, 0.3) is 0 Å². The van der Waals surface area contributed by atoms with Gasteiger partial charge in [0.15, 0.2) is 0 Å². The maximum absolute atomic E-state index is 11.0. The molecule has 2 nitrogen and oxygen atoms in total. The molecule has 0 fully saturated rings. The second-order valence-corrected chi connectivity index (χ2v) is 2.78. The van der Waals surface area contributed by atoms with Gasteiger partial charge in [-0.2, -0.15) is 0 Å². The van der Waals surface area contributed by atoms with Crippen molar-refractivity contribution in [3.05, 3.63) is 24.2 Å². The average Bonchev–Trinajstić information content (AvgIpc) is 2.02. The first-order chi connectivity index (χ1) is 5.70. The summed E-state index contributed by atoms with van der Waals surface area (Å²) in [7, 11) is 0.630. The smallest absolute Gasteiger partial charge is 0.265 e. The van der Waals surface area contributed by atoms with Gasteiger partial charge in [0.2, 0.25) is 5.91 Å². The van der Waals surface area contributed by atoms with Gasteiger partial charge in [-0.1, -0.05) is 38.1 Å². The van der Waals surface area contributed by atoms with Gasteiger partial charge in [-0.05, 0) is 6.42 Å². The first-order valence-electron chi connectivity index (χ1n) is 4.25. The first-order valence-corrected chi connectivity index (χ1v) is 4.25. The highest BCUT2D eigenvalue weighted by molar-refractivity contribution is 6.45. The van der Waals surface area contributed by atoms with Crippen molar-refractivity contribution in [1.29, 1.82) is 0 Å². The third-order valence-corrected chi connectivity index (χ3v) is 1.44. The zero-order chi connectivity index (χ0) is 9.40. The molecule has 0 aliphatic rings. The van der Waals surface area contributed by atoms with Gasteiger partial charge < -0.3 is 5.23 Å². The molecule has 0 saturated carbocycles. The lowest BCUT2D eigenvalue weighted by Crippen LogP contribution is -2.27. The fraction of sp³-hybridized carbons (Fsp3) is 0.444. The summed E-state index contributed by atoms with van der Waals surface area (Å²) in [4.78, 5) is 11.0. The molecule has 0 aliphatic carbocycles. The molecule has 0 aromatic rings. The molecule has 3 heteroatoms. The van der Waals surface area contributed by atoms with Gasteiger partial charge in [0.1, 0.15) is 0 Å². The van der Waals surface area contributed by atoms with Gasteiger partial charge in [-0.3, -0.25) is 4.79 Å². The van der Waals surface area contributed by atoms with Crippen LogP contribution in [0.15, 0.2) is 24.2 Å². The van der Waals surface area contributed by atoms with E-state index in [1.165, 1.54) is 0 Å². The standard InChI is InChI=1S/C9H16BNO/c1-4-6-8(3)10-11-9(12)7-5-2/h4,6,10H,1,5,7H2,2-3H3,(H,11,12)/b8-6+. The Bertz CT molecular complexity index is 187. The average molecular weight is 165 g/mol. The molecular formula is C9H16BNO. The Morgan fingerprint density at radius 1 is 1.67 bits per heavy atom.